The van der Waals surface area contributed by atoms with Gasteiger partial charge in [-0.2, -0.15) is 0 Å². The summed E-state index contributed by atoms with van der Waals surface area (Å²) in [5.74, 6) is 0. The molecule has 2 rings (SSSR count). The Morgan fingerprint density at radius 2 is 1.91 bits per heavy atom. The predicted octanol–water partition coefficient (Wildman–Crippen LogP) is 0.278. The van der Waals surface area contributed by atoms with Gasteiger partial charge in [0, 0.05) is 0 Å². The van der Waals surface area contributed by atoms with Crippen molar-refractivity contribution in [1.29, 1.82) is 0 Å². The molecule has 5 heteroatoms. The molecule has 0 aliphatic heterocycles. The Labute approximate surface area is 64.5 Å². The summed E-state index contributed by atoms with van der Waals surface area (Å²) in [6, 6.07) is 1.75. The van der Waals surface area contributed by atoms with Crippen LogP contribution in [0, 0.1) is 0 Å². The number of aromatic amines is 2. The first kappa shape index (κ1) is 6.36. The summed E-state index contributed by atoms with van der Waals surface area (Å²) in [6.07, 6.45) is 0. The lowest BCUT2D eigenvalue weighted by Crippen LogP contribution is -2.28. The maximum Gasteiger partial charge on any atom is 0.314 e. The fourth-order valence-electron chi connectivity index (χ4n) is 0.843. The molecule has 0 atom stereocenters. The number of thiophene rings is 1. The summed E-state index contributed by atoms with van der Waals surface area (Å²) < 4.78 is 0. The van der Waals surface area contributed by atoms with Crippen molar-refractivity contribution >= 4 is 21.7 Å². The summed E-state index contributed by atoms with van der Waals surface area (Å²) in [4.78, 5) is 27.1. The maximum atomic E-state index is 10.7. The van der Waals surface area contributed by atoms with E-state index in [1.54, 1.807) is 11.4 Å². The van der Waals surface area contributed by atoms with Crippen molar-refractivity contribution in [3.8, 4) is 0 Å². The van der Waals surface area contributed by atoms with E-state index in [9.17, 15) is 9.59 Å². The first-order valence-electron chi connectivity index (χ1n) is 2.97. The standard InChI is InChI=1S/C6H4N2O2S/c9-4-5(10)8-6-3(7-4)1-2-11-6/h1-2H,(H,7,9)(H,8,10). The third-order valence-electron chi connectivity index (χ3n) is 1.35. The van der Waals surface area contributed by atoms with Crippen molar-refractivity contribution in [2.45, 2.75) is 0 Å². The normalized spacial score (nSPS) is 10.5. The Kier molecular flexibility index (Phi) is 1.19. The van der Waals surface area contributed by atoms with Crippen molar-refractivity contribution in [1.82, 2.24) is 9.97 Å². The van der Waals surface area contributed by atoms with Crippen LogP contribution in [0.5, 0.6) is 0 Å². The molecular formula is C6H4N2O2S. The van der Waals surface area contributed by atoms with Gasteiger partial charge in [-0.15, -0.1) is 11.3 Å². The monoisotopic (exact) mass is 168 g/mol. The topological polar surface area (TPSA) is 65.7 Å². The molecule has 0 fully saturated rings. The van der Waals surface area contributed by atoms with Crippen LogP contribution in [-0.4, -0.2) is 9.97 Å². The van der Waals surface area contributed by atoms with Crippen molar-refractivity contribution in [3.63, 3.8) is 0 Å². The van der Waals surface area contributed by atoms with Gasteiger partial charge in [0.15, 0.2) is 0 Å². The SMILES string of the molecule is O=c1[nH]c2ccsc2[nH]c1=O. The number of hydrogen-bond donors (Lipinski definition) is 2. The Balaban J connectivity index is 3.09. The molecule has 0 saturated heterocycles. The lowest BCUT2D eigenvalue weighted by Gasteiger charge is -1.85. The molecule has 0 amide bonds. The predicted molar refractivity (Wildman–Crippen MR) is 43.1 cm³/mol. The summed E-state index contributed by atoms with van der Waals surface area (Å²) in [5, 5.41) is 1.80. The van der Waals surface area contributed by atoms with Crippen LogP contribution in [0.4, 0.5) is 0 Å². The second kappa shape index (κ2) is 2.06. The molecule has 0 saturated carbocycles. The molecule has 11 heavy (non-hydrogen) atoms. The molecule has 0 bridgehead atoms. The molecule has 4 nitrogen and oxygen atoms in total. The van der Waals surface area contributed by atoms with Crippen molar-refractivity contribution in [3.05, 3.63) is 32.2 Å². The molecule has 2 heterocycles. The van der Waals surface area contributed by atoms with Crippen LogP contribution in [0.15, 0.2) is 21.0 Å². The average Bonchev–Trinajstić information content (AvgIpc) is 2.36. The zero-order chi connectivity index (χ0) is 7.84. The Bertz CT molecular complexity index is 449. The second-order valence-electron chi connectivity index (χ2n) is 2.07. The van der Waals surface area contributed by atoms with Crippen LogP contribution >= 0.6 is 11.3 Å². The maximum absolute atomic E-state index is 10.7. The van der Waals surface area contributed by atoms with Gasteiger partial charge in [-0.05, 0) is 11.4 Å². The summed E-state index contributed by atoms with van der Waals surface area (Å²) in [7, 11) is 0. The third kappa shape index (κ3) is 0.894. The van der Waals surface area contributed by atoms with Crippen LogP contribution < -0.4 is 11.1 Å². The lowest BCUT2D eigenvalue weighted by atomic mass is 10.5. The van der Waals surface area contributed by atoms with Crippen molar-refractivity contribution < 1.29 is 0 Å². The van der Waals surface area contributed by atoms with E-state index in [-0.39, 0.29) is 0 Å². The Hall–Kier alpha value is -1.36. The molecule has 0 unspecified atom stereocenters. The van der Waals surface area contributed by atoms with Crippen LogP contribution in [-0.2, 0) is 0 Å². The highest BCUT2D eigenvalue weighted by Gasteiger charge is 1.97. The van der Waals surface area contributed by atoms with E-state index >= 15 is 0 Å². The third-order valence-corrected chi connectivity index (χ3v) is 2.18. The minimum Gasteiger partial charge on any atom is -0.315 e. The highest BCUT2D eigenvalue weighted by atomic mass is 32.1. The first-order valence-corrected chi connectivity index (χ1v) is 3.85. The van der Waals surface area contributed by atoms with Gasteiger partial charge in [-0.25, -0.2) is 0 Å². The molecule has 0 aliphatic rings. The van der Waals surface area contributed by atoms with Crippen LogP contribution in [0.1, 0.15) is 0 Å². The van der Waals surface area contributed by atoms with Crippen molar-refractivity contribution in [2.75, 3.05) is 0 Å². The Morgan fingerprint density at radius 1 is 1.18 bits per heavy atom. The van der Waals surface area contributed by atoms with E-state index in [0.717, 1.165) is 0 Å². The van der Waals surface area contributed by atoms with E-state index in [1.807, 2.05) is 0 Å². The largest absolute Gasteiger partial charge is 0.315 e. The molecule has 0 radical (unpaired) electrons. The smallest absolute Gasteiger partial charge is 0.314 e. The van der Waals surface area contributed by atoms with Crippen LogP contribution in [0.25, 0.3) is 10.3 Å². The van der Waals surface area contributed by atoms with E-state index in [2.05, 4.69) is 9.97 Å². The molecule has 0 aromatic carbocycles. The average molecular weight is 168 g/mol. The van der Waals surface area contributed by atoms with Gasteiger partial charge in [0.1, 0.15) is 4.83 Å². The molecule has 0 spiro atoms. The fourth-order valence-corrected chi connectivity index (χ4v) is 1.58. The van der Waals surface area contributed by atoms with E-state index < -0.39 is 11.1 Å². The fraction of sp³-hybridized carbons (Fsp3) is 0. The number of H-pyrrole nitrogens is 2. The first-order chi connectivity index (χ1) is 5.27. The highest BCUT2D eigenvalue weighted by Crippen LogP contribution is 2.11. The summed E-state index contributed by atoms with van der Waals surface area (Å²) >= 11 is 1.38. The van der Waals surface area contributed by atoms with Crippen LogP contribution in [0.2, 0.25) is 0 Å². The molecule has 56 valence electrons. The number of nitrogens with one attached hydrogen (secondary N) is 2. The number of aromatic nitrogens is 2. The number of hydrogen-bond acceptors (Lipinski definition) is 3. The Morgan fingerprint density at radius 3 is 2.73 bits per heavy atom. The van der Waals surface area contributed by atoms with Gasteiger partial charge in [0.25, 0.3) is 0 Å². The highest BCUT2D eigenvalue weighted by molar-refractivity contribution is 7.16. The minimum absolute atomic E-state index is 0.597. The zero-order valence-electron chi connectivity index (χ0n) is 5.38. The van der Waals surface area contributed by atoms with Gasteiger partial charge in [-0.3, -0.25) is 9.59 Å². The van der Waals surface area contributed by atoms with Gasteiger partial charge in [-0.1, -0.05) is 0 Å². The van der Waals surface area contributed by atoms with Gasteiger partial charge in [0.2, 0.25) is 0 Å². The molecule has 0 aliphatic carbocycles. The molecular weight excluding hydrogens is 164 g/mol. The van der Waals surface area contributed by atoms with Crippen LogP contribution in [0.3, 0.4) is 0 Å². The lowest BCUT2D eigenvalue weighted by molar-refractivity contribution is 1.16. The zero-order valence-corrected chi connectivity index (χ0v) is 6.20. The number of rotatable bonds is 0. The van der Waals surface area contributed by atoms with E-state index in [0.29, 0.717) is 10.3 Å². The molecule has 2 aromatic heterocycles. The van der Waals surface area contributed by atoms with E-state index in [4.69, 9.17) is 0 Å². The molecule has 2 aromatic rings. The number of fused-ring (bicyclic) bond motifs is 1. The van der Waals surface area contributed by atoms with Gasteiger partial charge in [0.05, 0.1) is 5.52 Å². The second-order valence-corrected chi connectivity index (χ2v) is 2.99. The van der Waals surface area contributed by atoms with Crippen molar-refractivity contribution in [2.24, 2.45) is 0 Å². The van der Waals surface area contributed by atoms with Gasteiger partial charge >= 0.3 is 11.1 Å². The molecule has 2 N–H and O–H groups in total. The minimum atomic E-state index is -0.601. The summed E-state index contributed by atoms with van der Waals surface area (Å²) in [6.45, 7) is 0. The van der Waals surface area contributed by atoms with E-state index in [1.165, 1.54) is 11.3 Å². The van der Waals surface area contributed by atoms with Gasteiger partial charge < -0.3 is 9.97 Å². The summed E-state index contributed by atoms with van der Waals surface area (Å²) in [5.41, 5.74) is -0.518. The quantitative estimate of drug-likeness (QED) is 0.555.